The Labute approximate surface area is 279 Å². The molecule has 1 fully saturated rings. The number of benzene rings is 1. The number of carbonyl (C=O) groups is 2. The summed E-state index contributed by atoms with van der Waals surface area (Å²) >= 11 is 0. The minimum atomic E-state index is -0.581. The van der Waals surface area contributed by atoms with Crippen molar-refractivity contribution in [3.63, 3.8) is 0 Å². The van der Waals surface area contributed by atoms with Crippen LogP contribution in [0.2, 0.25) is 0 Å². The van der Waals surface area contributed by atoms with Gasteiger partial charge in [-0.05, 0) is 106 Å². The van der Waals surface area contributed by atoms with Gasteiger partial charge in [0.25, 0.3) is 5.91 Å². The van der Waals surface area contributed by atoms with Crippen molar-refractivity contribution in [2.24, 2.45) is 5.41 Å². The molecule has 0 radical (unpaired) electrons. The van der Waals surface area contributed by atoms with Gasteiger partial charge in [0.15, 0.2) is 0 Å². The largest absolute Gasteiger partial charge is 0.443 e. The van der Waals surface area contributed by atoms with E-state index < -0.39 is 11.7 Å². The van der Waals surface area contributed by atoms with Crippen molar-refractivity contribution < 1.29 is 14.3 Å². The molecule has 1 aliphatic rings. The summed E-state index contributed by atoms with van der Waals surface area (Å²) in [7, 11) is 5.24. The molecule has 0 bridgehead atoms. The third-order valence-electron chi connectivity index (χ3n) is 8.59. The molecule has 0 spiro atoms. The number of rotatable bonds is 7. The van der Waals surface area contributed by atoms with Crippen LogP contribution in [0.15, 0.2) is 60.9 Å². The average molecular weight is 639 g/mol. The number of carbonyl (C=O) groups excluding carboxylic acids is 2. The lowest BCUT2D eigenvalue weighted by Crippen LogP contribution is -2.34. The van der Waals surface area contributed by atoms with Gasteiger partial charge in [0, 0.05) is 68.8 Å². The molecule has 4 aromatic rings. The maximum atomic E-state index is 12.6. The van der Waals surface area contributed by atoms with E-state index in [9.17, 15) is 9.59 Å². The van der Waals surface area contributed by atoms with Crippen molar-refractivity contribution in [2.45, 2.75) is 79.0 Å². The van der Waals surface area contributed by atoms with Crippen molar-refractivity contribution in [3.8, 4) is 11.1 Å². The molecule has 2 amide bonds. The highest BCUT2D eigenvalue weighted by Gasteiger charge is 2.25. The lowest BCUT2D eigenvalue weighted by atomic mass is 9.89. The standard InChI is InChI=1S/C38H50N6O3/c1-37(2,3)25-44-30(24-43-20-17-27(18-21-43)26-10-12-28(13-11-26)35(45)41(7)8)22-32-31(16-19-39-34(32)44)29-14-15-33(40-23-29)42(9)36(46)47-38(4,5)6/h10-16,19,22-23,27H,17-18,20-21,24-25H2,1-9H3. The fraction of sp³-hybridized carbons (Fsp3) is 0.474. The van der Waals surface area contributed by atoms with Gasteiger partial charge in [0.1, 0.15) is 17.1 Å². The van der Waals surface area contributed by atoms with E-state index in [1.165, 1.54) is 16.2 Å². The first-order chi connectivity index (χ1) is 22.1. The number of hydrogen-bond acceptors (Lipinski definition) is 6. The van der Waals surface area contributed by atoms with Crippen LogP contribution in [0.5, 0.6) is 0 Å². The highest BCUT2D eigenvalue weighted by Crippen LogP contribution is 2.34. The van der Waals surface area contributed by atoms with Gasteiger partial charge in [-0.25, -0.2) is 14.8 Å². The summed E-state index contributed by atoms with van der Waals surface area (Å²) < 4.78 is 7.90. The van der Waals surface area contributed by atoms with Crippen molar-refractivity contribution in [2.75, 3.05) is 39.1 Å². The van der Waals surface area contributed by atoms with E-state index in [1.54, 1.807) is 26.0 Å². The molecule has 0 atom stereocenters. The Bertz CT molecular complexity index is 1700. The van der Waals surface area contributed by atoms with Gasteiger partial charge in [-0.15, -0.1) is 0 Å². The summed E-state index contributed by atoms with van der Waals surface area (Å²) in [4.78, 5) is 40.0. The number of pyridine rings is 2. The Morgan fingerprint density at radius 1 is 0.915 bits per heavy atom. The highest BCUT2D eigenvalue weighted by atomic mass is 16.6. The summed E-state index contributed by atoms with van der Waals surface area (Å²) in [5, 5.41) is 1.10. The molecule has 3 aromatic heterocycles. The lowest BCUT2D eigenvalue weighted by molar-refractivity contribution is 0.0588. The Balaban J connectivity index is 1.35. The van der Waals surface area contributed by atoms with E-state index in [1.807, 2.05) is 63.5 Å². The van der Waals surface area contributed by atoms with E-state index >= 15 is 0 Å². The highest BCUT2D eigenvalue weighted by molar-refractivity contribution is 5.95. The number of hydrogen-bond donors (Lipinski definition) is 0. The first-order valence-electron chi connectivity index (χ1n) is 16.5. The van der Waals surface area contributed by atoms with Gasteiger partial charge in [-0.3, -0.25) is 14.6 Å². The normalized spacial score (nSPS) is 14.7. The molecule has 1 saturated heterocycles. The van der Waals surface area contributed by atoms with E-state index in [0.717, 1.165) is 66.7 Å². The fourth-order valence-electron chi connectivity index (χ4n) is 6.21. The number of aromatic nitrogens is 3. The summed E-state index contributed by atoms with van der Waals surface area (Å²) in [6.45, 7) is 16.1. The second-order valence-corrected chi connectivity index (χ2v) is 15.2. The van der Waals surface area contributed by atoms with Crippen molar-refractivity contribution in [3.05, 3.63) is 77.7 Å². The molecular formula is C38H50N6O3. The Kier molecular flexibility index (Phi) is 9.78. The molecule has 47 heavy (non-hydrogen) atoms. The first kappa shape index (κ1) is 34.1. The quantitative estimate of drug-likeness (QED) is 0.207. The van der Waals surface area contributed by atoms with Crippen LogP contribution in [0.25, 0.3) is 22.2 Å². The second-order valence-electron chi connectivity index (χ2n) is 15.2. The smallest absolute Gasteiger partial charge is 0.415 e. The van der Waals surface area contributed by atoms with Gasteiger partial charge >= 0.3 is 6.09 Å². The molecule has 0 N–H and O–H groups in total. The molecule has 9 heteroatoms. The van der Waals surface area contributed by atoms with Gasteiger partial charge < -0.3 is 14.2 Å². The summed E-state index contributed by atoms with van der Waals surface area (Å²) in [6.07, 6.45) is 5.43. The number of likely N-dealkylation sites (tertiary alicyclic amines) is 1. The molecule has 250 valence electrons. The van der Waals surface area contributed by atoms with Gasteiger partial charge in [0.05, 0.1) is 0 Å². The van der Waals surface area contributed by atoms with E-state index in [4.69, 9.17) is 9.72 Å². The molecular weight excluding hydrogens is 588 g/mol. The van der Waals surface area contributed by atoms with Crippen LogP contribution < -0.4 is 4.90 Å². The van der Waals surface area contributed by atoms with Crippen LogP contribution in [0.4, 0.5) is 10.6 Å². The third kappa shape index (κ3) is 8.19. The number of nitrogens with zero attached hydrogens (tertiary/aromatic N) is 6. The maximum absolute atomic E-state index is 12.6. The number of fused-ring (bicyclic) bond motifs is 1. The van der Waals surface area contributed by atoms with Crippen LogP contribution in [0.3, 0.4) is 0 Å². The average Bonchev–Trinajstić information content (AvgIpc) is 3.35. The first-order valence-corrected chi connectivity index (χ1v) is 16.5. The number of ether oxygens (including phenoxy) is 1. The predicted octanol–water partition coefficient (Wildman–Crippen LogP) is 7.60. The van der Waals surface area contributed by atoms with E-state index in [-0.39, 0.29) is 11.3 Å². The fourth-order valence-corrected chi connectivity index (χ4v) is 6.21. The van der Waals surface area contributed by atoms with Crippen molar-refractivity contribution in [1.82, 2.24) is 24.3 Å². The lowest BCUT2D eigenvalue weighted by Gasteiger charge is -2.33. The SMILES string of the molecule is CN(C)C(=O)c1ccc(C2CCN(Cc3cc4c(-c5ccc(N(C)C(=O)OC(C)(C)C)nc5)ccnc4n3CC(C)(C)C)CC2)cc1. The van der Waals surface area contributed by atoms with Gasteiger partial charge in [0.2, 0.25) is 0 Å². The topological polar surface area (TPSA) is 83.8 Å². The van der Waals surface area contributed by atoms with Crippen molar-refractivity contribution in [1.29, 1.82) is 0 Å². The van der Waals surface area contributed by atoms with Crippen LogP contribution in [0.1, 0.15) is 81.9 Å². The predicted molar refractivity (Wildman–Crippen MR) is 189 cm³/mol. The number of amides is 2. The molecule has 1 aliphatic heterocycles. The summed E-state index contributed by atoms with van der Waals surface area (Å²) in [5.41, 5.74) is 5.81. The van der Waals surface area contributed by atoms with Crippen LogP contribution in [-0.4, -0.2) is 76.2 Å². The number of piperidine rings is 1. The Morgan fingerprint density at radius 3 is 2.17 bits per heavy atom. The number of anilines is 1. The molecule has 4 heterocycles. The zero-order valence-electron chi connectivity index (χ0n) is 29.5. The molecule has 5 rings (SSSR count). The van der Waals surface area contributed by atoms with E-state index in [0.29, 0.717) is 11.7 Å². The minimum absolute atomic E-state index is 0.0359. The molecule has 9 nitrogen and oxygen atoms in total. The molecule has 0 unspecified atom stereocenters. The van der Waals surface area contributed by atoms with Gasteiger partial charge in [-0.1, -0.05) is 32.9 Å². The summed E-state index contributed by atoms with van der Waals surface area (Å²) in [5.74, 6) is 1.06. The zero-order valence-corrected chi connectivity index (χ0v) is 29.5. The van der Waals surface area contributed by atoms with E-state index in [2.05, 4.69) is 53.4 Å². The van der Waals surface area contributed by atoms with Gasteiger partial charge in [-0.2, -0.15) is 0 Å². The van der Waals surface area contributed by atoms with Crippen molar-refractivity contribution >= 4 is 28.9 Å². The Morgan fingerprint density at radius 2 is 1.60 bits per heavy atom. The van der Waals surface area contributed by atoms with Crippen LogP contribution in [-0.2, 0) is 17.8 Å². The Hall–Kier alpha value is -4.24. The van der Waals surface area contributed by atoms with Crippen LogP contribution in [0, 0.1) is 5.41 Å². The monoisotopic (exact) mass is 638 g/mol. The molecule has 0 aliphatic carbocycles. The molecule has 1 aromatic carbocycles. The maximum Gasteiger partial charge on any atom is 0.415 e. The second kappa shape index (κ2) is 13.5. The zero-order chi connectivity index (χ0) is 34.1. The molecule has 0 saturated carbocycles. The third-order valence-corrected chi connectivity index (χ3v) is 8.59. The summed E-state index contributed by atoms with van der Waals surface area (Å²) in [6, 6.07) is 16.4. The minimum Gasteiger partial charge on any atom is -0.443 e. The van der Waals surface area contributed by atoms with Crippen LogP contribution >= 0.6 is 0 Å².